The predicted octanol–water partition coefficient (Wildman–Crippen LogP) is 1.32. The molecule has 5 nitrogen and oxygen atoms in total. The van der Waals surface area contributed by atoms with E-state index < -0.39 is 11.8 Å². The van der Waals surface area contributed by atoms with Gasteiger partial charge in [-0.15, -0.1) is 0 Å². The highest BCUT2D eigenvalue weighted by atomic mass is 35.5. The van der Waals surface area contributed by atoms with E-state index in [1.165, 1.54) is 0 Å². The Morgan fingerprint density at radius 3 is 2.47 bits per heavy atom. The standard InChI is InChI=1S/C10H9Cl2N3O2/c1-5(14-15-10(17)9(13)16)6-2-3-7(11)8(12)4-6/h2-4H,1H3,(H2,13,16)(H,15,17). The number of nitrogens with one attached hydrogen (secondary N) is 1. The Morgan fingerprint density at radius 2 is 1.94 bits per heavy atom. The summed E-state index contributed by atoms with van der Waals surface area (Å²) in [6, 6.07) is 4.89. The Labute approximate surface area is 108 Å². The van der Waals surface area contributed by atoms with Gasteiger partial charge in [-0.2, -0.15) is 5.10 Å². The molecule has 1 rings (SSSR count). The fraction of sp³-hybridized carbons (Fsp3) is 0.100. The fourth-order valence-corrected chi connectivity index (χ4v) is 1.27. The van der Waals surface area contributed by atoms with Crippen LogP contribution in [-0.2, 0) is 9.59 Å². The van der Waals surface area contributed by atoms with Crippen LogP contribution in [0.25, 0.3) is 0 Å². The maximum Gasteiger partial charge on any atom is 0.329 e. The van der Waals surface area contributed by atoms with Gasteiger partial charge in [-0.25, -0.2) is 5.43 Å². The molecule has 0 saturated carbocycles. The number of hydrogen-bond donors (Lipinski definition) is 2. The third-order valence-corrected chi connectivity index (χ3v) is 2.63. The number of amides is 2. The van der Waals surface area contributed by atoms with E-state index in [1.807, 2.05) is 5.43 Å². The Bertz CT molecular complexity index is 500. The first-order valence-corrected chi connectivity index (χ1v) is 5.27. The lowest BCUT2D eigenvalue weighted by molar-refractivity contribution is -0.137. The van der Waals surface area contributed by atoms with Crippen molar-refractivity contribution < 1.29 is 9.59 Å². The molecular weight excluding hydrogens is 265 g/mol. The molecule has 0 bridgehead atoms. The molecule has 1 aromatic carbocycles. The van der Waals surface area contributed by atoms with E-state index in [-0.39, 0.29) is 0 Å². The molecule has 0 aliphatic rings. The quantitative estimate of drug-likeness (QED) is 0.484. The van der Waals surface area contributed by atoms with Crippen LogP contribution >= 0.6 is 23.2 Å². The number of carbonyl (C=O) groups excluding carboxylic acids is 2. The number of hydrogen-bond acceptors (Lipinski definition) is 3. The highest BCUT2D eigenvalue weighted by molar-refractivity contribution is 6.42. The van der Waals surface area contributed by atoms with E-state index in [1.54, 1.807) is 25.1 Å². The van der Waals surface area contributed by atoms with E-state index in [4.69, 9.17) is 28.9 Å². The van der Waals surface area contributed by atoms with Crippen molar-refractivity contribution in [1.29, 1.82) is 0 Å². The first-order chi connectivity index (χ1) is 7.91. The summed E-state index contributed by atoms with van der Waals surface area (Å²) in [6.45, 7) is 1.64. The lowest BCUT2D eigenvalue weighted by atomic mass is 10.1. The first kappa shape index (κ1) is 13.5. The molecule has 3 N–H and O–H groups in total. The van der Waals surface area contributed by atoms with E-state index in [9.17, 15) is 9.59 Å². The predicted molar refractivity (Wildman–Crippen MR) is 66.0 cm³/mol. The number of benzene rings is 1. The monoisotopic (exact) mass is 273 g/mol. The lowest BCUT2D eigenvalue weighted by Gasteiger charge is -2.03. The second kappa shape index (κ2) is 5.65. The molecule has 0 fully saturated rings. The minimum absolute atomic E-state index is 0.375. The molecule has 0 aliphatic heterocycles. The van der Waals surface area contributed by atoms with Crippen LogP contribution < -0.4 is 11.2 Å². The zero-order valence-electron chi connectivity index (χ0n) is 8.83. The van der Waals surface area contributed by atoms with Crippen molar-refractivity contribution in [2.45, 2.75) is 6.92 Å². The Balaban J connectivity index is 2.85. The number of nitrogens with two attached hydrogens (primary N) is 1. The smallest absolute Gasteiger partial charge is 0.329 e. The van der Waals surface area contributed by atoms with Crippen molar-refractivity contribution in [2.75, 3.05) is 0 Å². The van der Waals surface area contributed by atoms with E-state index in [2.05, 4.69) is 5.10 Å². The van der Waals surface area contributed by atoms with Crippen LogP contribution in [0.15, 0.2) is 23.3 Å². The van der Waals surface area contributed by atoms with Crippen LogP contribution in [0.4, 0.5) is 0 Å². The molecule has 2 amide bonds. The third kappa shape index (κ3) is 3.72. The molecule has 1 aromatic rings. The summed E-state index contributed by atoms with van der Waals surface area (Å²) in [4.78, 5) is 21.3. The Morgan fingerprint density at radius 1 is 1.29 bits per heavy atom. The van der Waals surface area contributed by atoms with Gasteiger partial charge in [0, 0.05) is 0 Å². The van der Waals surface area contributed by atoms with E-state index in [0.717, 1.165) is 0 Å². The number of hydrazone groups is 1. The topological polar surface area (TPSA) is 84.6 Å². The number of carbonyl (C=O) groups is 2. The number of nitrogens with zero attached hydrogens (tertiary/aromatic N) is 1. The largest absolute Gasteiger partial charge is 0.361 e. The molecule has 0 heterocycles. The van der Waals surface area contributed by atoms with Crippen molar-refractivity contribution >= 4 is 40.7 Å². The van der Waals surface area contributed by atoms with E-state index in [0.29, 0.717) is 21.3 Å². The molecule has 90 valence electrons. The molecule has 0 saturated heterocycles. The maximum atomic E-state index is 10.9. The minimum Gasteiger partial charge on any atom is -0.361 e. The van der Waals surface area contributed by atoms with Gasteiger partial charge in [0.2, 0.25) is 0 Å². The van der Waals surface area contributed by atoms with Crippen molar-refractivity contribution in [3.05, 3.63) is 33.8 Å². The fourth-order valence-electron chi connectivity index (χ4n) is 0.975. The molecule has 0 radical (unpaired) electrons. The molecular formula is C10H9Cl2N3O2. The van der Waals surface area contributed by atoms with Gasteiger partial charge in [0.25, 0.3) is 0 Å². The van der Waals surface area contributed by atoms with Gasteiger partial charge in [0.1, 0.15) is 0 Å². The second-order valence-electron chi connectivity index (χ2n) is 3.13. The van der Waals surface area contributed by atoms with Crippen LogP contribution in [0, 0.1) is 0 Å². The highest BCUT2D eigenvalue weighted by Crippen LogP contribution is 2.22. The molecule has 0 aliphatic carbocycles. The molecule has 0 atom stereocenters. The normalized spacial score (nSPS) is 11.1. The second-order valence-corrected chi connectivity index (χ2v) is 3.95. The Hall–Kier alpha value is -1.59. The maximum absolute atomic E-state index is 10.9. The van der Waals surface area contributed by atoms with Crippen LogP contribution in [0.3, 0.4) is 0 Å². The Kier molecular flexibility index (Phi) is 4.48. The van der Waals surface area contributed by atoms with Crippen LogP contribution in [-0.4, -0.2) is 17.5 Å². The number of halogens is 2. The van der Waals surface area contributed by atoms with Crippen molar-refractivity contribution in [1.82, 2.24) is 5.43 Å². The van der Waals surface area contributed by atoms with Crippen LogP contribution in [0.1, 0.15) is 12.5 Å². The van der Waals surface area contributed by atoms with Crippen LogP contribution in [0.2, 0.25) is 10.0 Å². The summed E-state index contributed by atoms with van der Waals surface area (Å²) < 4.78 is 0. The van der Waals surface area contributed by atoms with Gasteiger partial charge in [-0.3, -0.25) is 9.59 Å². The van der Waals surface area contributed by atoms with Gasteiger partial charge >= 0.3 is 11.8 Å². The molecule has 0 spiro atoms. The number of rotatable bonds is 2. The zero-order chi connectivity index (χ0) is 13.0. The molecule has 0 unspecified atom stereocenters. The summed E-state index contributed by atoms with van der Waals surface area (Å²) in [5.41, 5.74) is 7.90. The summed E-state index contributed by atoms with van der Waals surface area (Å²) >= 11 is 11.6. The van der Waals surface area contributed by atoms with Gasteiger partial charge in [-0.05, 0) is 24.6 Å². The van der Waals surface area contributed by atoms with Gasteiger partial charge in [0.15, 0.2) is 0 Å². The average Bonchev–Trinajstić information content (AvgIpc) is 2.28. The van der Waals surface area contributed by atoms with Gasteiger partial charge in [-0.1, -0.05) is 29.3 Å². The van der Waals surface area contributed by atoms with Gasteiger partial charge < -0.3 is 5.73 Å². The van der Waals surface area contributed by atoms with Crippen molar-refractivity contribution in [2.24, 2.45) is 10.8 Å². The summed E-state index contributed by atoms with van der Waals surface area (Å²) in [5.74, 6) is -2.08. The van der Waals surface area contributed by atoms with E-state index >= 15 is 0 Å². The van der Waals surface area contributed by atoms with Crippen molar-refractivity contribution in [3.8, 4) is 0 Å². The lowest BCUT2D eigenvalue weighted by Crippen LogP contribution is -2.33. The third-order valence-electron chi connectivity index (χ3n) is 1.89. The van der Waals surface area contributed by atoms with Gasteiger partial charge in [0.05, 0.1) is 15.8 Å². The van der Waals surface area contributed by atoms with Crippen molar-refractivity contribution in [3.63, 3.8) is 0 Å². The summed E-state index contributed by atoms with van der Waals surface area (Å²) in [5, 5.41) is 4.50. The van der Waals surface area contributed by atoms with Crippen LogP contribution in [0.5, 0.6) is 0 Å². The molecule has 7 heteroatoms. The number of primary amides is 1. The molecule has 17 heavy (non-hydrogen) atoms. The highest BCUT2D eigenvalue weighted by Gasteiger charge is 2.07. The minimum atomic E-state index is -1.10. The molecule has 0 aromatic heterocycles. The summed E-state index contributed by atoms with van der Waals surface area (Å²) in [6.07, 6.45) is 0. The average molecular weight is 274 g/mol. The summed E-state index contributed by atoms with van der Waals surface area (Å²) in [7, 11) is 0. The zero-order valence-corrected chi connectivity index (χ0v) is 10.3. The first-order valence-electron chi connectivity index (χ1n) is 4.51. The SMILES string of the molecule is CC(=NNC(=O)C(N)=O)c1ccc(Cl)c(Cl)c1.